The van der Waals surface area contributed by atoms with Gasteiger partial charge in [0.05, 0.1) is 10.5 Å². The number of rotatable bonds is 7. The molecule has 0 spiro atoms. The van der Waals surface area contributed by atoms with Gasteiger partial charge >= 0.3 is 0 Å². The van der Waals surface area contributed by atoms with Crippen molar-refractivity contribution >= 4 is 17.5 Å². The molecule has 1 aliphatic rings. The fourth-order valence-corrected chi connectivity index (χ4v) is 3.98. The Hall–Kier alpha value is -4.19. The predicted octanol–water partition coefficient (Wildman–Crippen LogP) is 3.09. The van der Waals surface area contributed by atoms with Gasteiger partial charge in [0, 0.05) is 63.9 Å². The van der Waals surface area contributed by atoms with Crippen molar-refractivity contribution in [2.24, 2.45) is 0 Å². The fourth-order valence-electron chi connectivity index (χ4n) is 3.98. The molecule has 0 atom stereocenters. The van der Waals surface area contributed by atoms with E-state index in [4.69, 9.17) is 4.42 Å². The van der Waals surface area contributed by atoms with Crippen LogP contribution in [0.5, 0.6) is 0 Å². The average Bonchev–Trinajstić information content (AvgIpc) is 3.29. The lowest BCUT2D eigenvalue weighted by Crippen LogP contribution is -2.49. The van der Waals surface area contributed by atoms with Crippen molar-refractivity contribution < 1.29 is 27.7 Å². The molecule has 0 unspecified atom stereocenters. The number of hydrogen-bond donors (Lipinski definition) is 1. The zero-order chi connectivity index (χ0) is 25.8. The minimum absolute atomic E-state index is 0.00336. The summed E-state index contributed by atoms with van der Waals surface area (Å²) in [6.07, 6.45) is 0. The van der Waals surface area contributed by atoms with Crippen LogP contribution in [-0.4, -0.2) is 70.8 Å². The molecular formula is C24H23F2N5O5. The molecule has 0 saturated carbocycles. The lowest BCUT2D eigenvalue weighted by molar-refractivity contribution is -0.384. The van der Waals surface area contributed by atoms with Gasteiger partial charge in [-0.15, -0.1) is 0 Å². The maximum atomic E-state index is 13.8. The number of nitrogens with one attached hydrogen (secondary N) is 1. The van der Waals surface area contributed by atoms with Gasteiger partial charge in [0.15, 0.2) is 11.5 Å². The highest BCUT2D eigenvalue weighted by molar-refractivity contribution is 5.99. The second-order valence-electron chi connectivity index (χ2n) is 8.23. The molecule has 2 heterocycles. The summed E-state index contributed by atoms with van der Waals surface area (Å²) in [5, 5.41) is 14.3. The number of nitro benzene ring substituents is 1. The molecule has 0 radical (unpaired) electrons. The van der Waals surface area contributed by atoms with E-state index >= 15 is 0 Å². The number of para-hydroxylation sites is 1. The molecule has 0 aliphatic carbocycles. The molecule has 0 bridgehead atoms. The minimum atomic E-state index is -0.869. The molecule has 36 heavy (non-hydrogen) atoms. The van der Waals surface area contributed by atoms with Gasteiger partial charge < -0.3 is 14.6 Å². The molecular weight excluding hydrogens is 476 g/mol. The van der Waals surface area contributed by atoms with Crippen molar-refractivity contribution in [2.45, 2.75) is 6.92 Å². The van der Waals surface area contributed by atoms with E-state index in [1.807, 2.05) is 0 Å². The number of aromatic nitrogens is 1. The summed E-state index contributed by atoms with van der Waals surface area (Å²) in [4.78, 5) is 43.5. The number of halogens is 2. The van der Waals surface area contributed by atoms with Crippen LogP contribution in [0.2, 0.25) is 0 Å². The van der Waals surface area contributed by atoms with Crippen molar-refractivity contribution in [3.63, 3.8) is 0 Å². The number of hydrogen-bond acceptors (Lipinski definition) is 7. The molecule has 1 saturated heterocycles. The van der Waals surface area contributed by atoms with E-state index in [9.17, 15) is 28.5 Å². The largest absolute Gasteiger partial charge is 0.435 e. The van der Waals surface area contributed by atoms with E-state index in [0.29, 0.717) is 38.8 Å². The first-order chi connectivity index (χ1) is 17.2. The Labute approximate surface area is 204 Å². The Morgan fingerprint density at radius 1 is 1.11 bits per heavy atom. The van der Waals surface area contributed by atoms with Crippen molar-refractivity contribution in [3.8, 4) is 22.8 Å². The van der Waals surface area contributed by atoms with Gasteiger partial charge in [-0.3, -0.25) is 24.6 Å². The van der Waals surface area contributed by atoms with Gasteiger partial charge in [0.25, 0.3) is 11.6 Å². The zero-order valence-corrected chi connectivity index (χ0v) is 19.4. The first kappa shape index (κ1) is 24.9. The van der Waals surface area contributed by atoms with Crippen LogP contribution < -0.4 is 5.32 Å². The Balaban J connectivity index is 1.58. The van der Waals surface area contributed by atoms with Gasteiger partial charge in [-0.05, 0) is 18.2 Å². The van der Waals surface area contributed by atoms with Crippen LogP contribution in [0.4, 0.5) is 14.5 Å². The van der Waals surface area contributed by atoms with Gasteiger partial charge in [-0.1, -0.05) is 12.1 Å². The van der Waals surface area contributed by atoms with Gasteiger partial charge in [-0.25, -0.2) is 13.8 Å². The second-order valence-corrected chi connectivity index (χ2v) is 8.23. The highest BCUT2D eigenvalue weighted by Crippen LogP contribution is 2.35. The van der Waals surface area contributed by atoms with Crippen LogP contribution in [0.25, 0.3) is 22.8 Å². The normalized spacial score (nSPS) is 14.0. The highest BCUT2D eigenvalue weighted by atomic mass is 19.1. The lowest BCUT2D eigenvalue weighted by atomic mass is 10.1. The third-order valence-corrected chi connectivity index (χ3v) is 5.83. The molecule has 1 aliphatic heterocycles. The van der Waals surface area contributed by atoms with Crippen molar-refractivity contribution in [1.29, 1.82) is 0 Å². The standard InChI is InChI=1S/C24H23F2N5O5/c1-15(32)30-10-8-29(9-11-30)7-6-27-23(33)21-22(19-4-2-3-5-20(19)31(34)35)36-24(28-21)16-12-17(25)14-18(26)13-16/h2-5,12-14H,6-11H2,1H3,(H,27,33). The molecule has 2 amide bonds. The van der Waals surface area contributed by atoms with E-state index < -0.39 is 22.5 Å². The van der Waals surface area contributed by atoms with Crippen LogP contribution in [0.3, 0.4) is 0 Å². The summed E-state index contributed by atoms with van der Waals surface area (Å²) in [5.74, 6) is -2.82. The first-order valence-corrected chi connectivity index (χ1v) is 11.2. The molecule has 10 nitrogen and oxygen atoms in total. The van der Waals surface area contributed by atoms with Crippen molar-refractivity contribution in [2.75, 3.05) is 39.3 Å². The Bertz CT molecular complexity index is 1280. The quantitative estimate of drug-likeness (QED) is 0.392. The molecule has 12 heteroatoms. The molecule has 1 N–H and O–H groups in total. The molecule has 2 aromatic carbocycles. The third kappa shape index (κ3) is 5.54. The summed E-state index contributed by atoms with van der Waals surface area (Å²) in [7, 11) is 0. The third-order valence-electron chi connectivity index (χ3n) is 5.83. The van der Waals surface area contributed by atoms with Crippen LogP contribution in [-0.2, 0) is 4.79 Å². The number of nitrogens with zero attached hydrogens (tertiary/aromatic N) is 4. The summed E-state index contributed by atoms with van der Waals surface area (Å²) in [6, 6.07) is 8.31. The average molecular weight is 499 g/mol. The van der Waals surface area contributed by atoms with Crippen LogP contribution in [0.15, 0.2) is 46.9 Å². The van der Waals surface area contributed by atoms with E-state index in [1.165, 1.54) is 31.2 Å². The number of oxazole rings is 1. The van der Waals surface area contributed by atoms with Crippen molar-refractivity contribution in [3.05, 3.63) is 69.9 Å². The minimum Gasteiger partial charge on any atom is -0.435 e. The summed E-state index contributed by atoms with van der Waals surface area (Å²) in [6.45, 7) is 4.80. The fraction of sp³-hybridized carbons (Fsp3) is 0.292. The highest BCUT2D eigenvalue weighted by Gasteiger charge is 2.28. The smallest absolute Gasteiger partial charge is 0.280 e. The number of benzene rings is 2. The number of amides is 2. The Kier molecular flexibility index (Phi) is 7.34. The summed E-state index contributed by atoms with van der Waals surface area (Å²) in [5.41, 5.74) is -0.619. The molecule has 3 aromatic rings. The van der Waals surface area contributed by atoms with Crippen LogP contribution in [0, 0.1) is 21.7 Å². The van der Waals surface area contributed by atoms with Gasteiger partial charge in [-0.2, -0.15) is 0 Å². The summed E-state index contributed by atoms with van der Waals surface area (Å²) >= 11 is 0. The first-order valence-electron chi connectivity index (χ1n) is 11.2. The zero-order valence-electron chi connectivity index (χ0n) is 19.4. The van der Waals surface area contributed by atoms with Gasteiger partial charge in [0.1, 0.15) is 11.6 Å². The number of nitro groups is 1. The van der Waals surface area contributed by atoms with E-state index in [0.717, 1.165) is 12.1 Å². The monoisotopic (exact) mass is 499 g/mol. The SMILES string of the molecule is CC(=O)N1CCN(CCNC(=O)c2nc(-c3cc(F)cc(F)c3)oc2-c2ccccc2[N+](=O)[O-])CC1. The maximum Gasteiger partial charge on any atom is 0.280 e. The maximum absolute atomic E-state index is 13.8. The van der Waals surface area contributed by atoms with Crippen LogP contribution in [0.1, 0.15) is 17.4 Å². The van der Waals surface area contributed by atoms with Crippen molar-refractivity contribution in [1.82, 2.24) is 20.1 Å². The predicted molar refractivity (Wildman–Crippen MR) is 125 cm³/mol. The number of piperazine rings is 1. The number of carbonyl (C=O) groups excluding carboxylic acids is 2. The Morgan fingerprint density at radius 2 is 1.78 bits per heavy atom. The van der Waals surface area contributed by atoms with E-state index in [2.05, 4.69) is 15.2 Å². The lowest BCUT2D eigenvalue weighted by Gasteiger charge is -2.34. The van der Waals surface area contributed by atoms with E-state index in [-0.39, 0.29) is 46.6 Å². The number of carbonyl (C=O) groups is 2. The van der Waals surface area contributed by atoms with Crippen LogP contribution >= 0.6 is 0 Å². The van der Waals surface area contributed by atoms with E-state index in [1.54, 1.807) is 4.90 Å². The molecule has 1 aromatic heterocycles. The molecule has 4 rings (SSSR count). The second kappa shape index (κ2) is 10.6. The molecule has 1 fully saturated rings. The topological polar surface area (TPSA) is 122 Å². The summed E-state index contributed by atoms with van der Waals surface area (Å²) < 4.78 is 33.2. The molecule has 188 valence electrons. The van der Waals surface area contributed by atoms with Gasteiger partial charge in [0.2, 0.25) is 11.8 Å². The Morgan fingerprint density at radius 3 is 2.42 bits per heavy atom.